The second-order valence-electron chi connectivity index (χ2n) is 4.13. The highest BCUT2D eigenvalue weighted by molar-refractivity contribution is 7.99. The maximum Gasteiger partial charge on any atom is 0.119 e. The van der Waals surface area contributed by atoms with Gasteiger partial charge in [0, 0.05) is 5.75 Å². The standard InChI is InChI=1S/C13H20O2S/c1-4-16-10-9-15-12-7-5-11(6-8-12)13(2,3)14/h5-8,14H,4,9-10H2,1-3H3. The molecule has 0 bridgehead atoms. The summed E-state index contributed by atoms with van der Waals surface area (Å²) in [6, 6.07) is 7.62. The van der Waals surface area contributed by atoms with Crippen LogP contribution in [0.4, 0.5) is 0 Å². The molecule has 0 heterocycles. The van der Waals surface area contributed by atoms with Crippen molar-refractivity contribution < 1.29 is 9.84 Å². The van der Waals surface area contributed by atoms with E-state index in [-0.39, 0.29) is 0 Å². The van der Waals surface area contributed by atoms with Crippen molar-refractivity contribution in [2.24, 2.45) is 0 Å². The zero-order valence-electron chi connectivity index (χ0n) is 10.2. The van der Waals surface area contributed by atoms with Gasteiger partial charge in [-0.05, 0) is 37.3 Å². The van der Waals surface area contributed by atoms with Gasteiger partial charge < -0.3 is 9.84 Å². The molecule has 0 saturated carbocycles. The fourth-order valence-corrected chi connectivity index (χ4v) is 1.81. The zero-order chi connectivity index (χ0) is 12.0. The number of ether oxygens (including phenoxy) is 1. The molecule has 0 unspecified atom stereocenters. The fourth-order valence-electron chi connectivity index (χ4n) is 1.32. The fraction of sp³-hybridized carbons (Fsp3) is 0.538. The van der Waals surface area contributed by atoms with Crippen LogP contribution in [-0.2, 0) is 5.60 Å². The number of benzene rings is 1. The summed E-state index contributed by atoms with van der Waals surface area (Å²) in [4.78, 5) is 0. The molecular weight excluding hydrogens is 220 g/mol. The van der Waals surface area contributed by atoms with Crippen molar-refractivity contribution >= 4 is 11.8 Å². The van der Waals surface area contributed by atoms with Crippen LogP contribution in [0.25, 0.3) is 0 Å². The predicted molar refractivity (Wildman–Crippen MR) is 70.2 cm³/mol. The molecule has 0 aliphatic carbocycles. The minimum Gasteiger partial charge on any atom is -0.493 e. The molecule has 16 heavy (non-hydrogen) atoms. The Kier molecular flexibility index (Phi) is 5.16. The Labute approximate surface area is 102 Å². The molecule has 0 atom stereocenters. The third-order valence-corrected chi connectivity index (χ3v) is 3.12. The first-order chi connectivity index (χ1) is 7.54. The van der Waals surface area contributed by atoms with Crippen LogP contribution in [0, 0.1) is 0 Å². The lowest BCUT2D eigenvalue weighted by atomic mass is 9.99. The van der Waals surface area contributed by atoms with E-state index in [1.54, 1.807) is 13.8 Å². The Hall–Kier alpha value is -0.670. The highest BCUT2D eigenvalue weighted by atomic mass is 32.2. The van der Waals surface area contributed by atoms with Crippen LogP contribution in [0.1, 0.15) is 26.3 Å². The summed E-state index contributed by atoms with van der Waals surface area (Å²) in [5, 5.41) is 9.78. The van der Waals surface area contributed by atoms with Gasteiger partial charge in [-0.25, -0.2) is 0 Å². The Morgan fingerprint density at radius 2 is 1.88 bits per heavy atom. The van der Waals surface area contributed by atoms with Gasteiger partial charge in [-0.2, -0.15) is 11.8 Å². The van der Waals surface area contributed by atoms with E-state index in [2.05, 4.69) is 6.92 Å². The maximum atomic E-state index is 9.78. The summed E-state index contributed by atoms with van der Waals surface area (Å²) in [5.74, 6) is 3.01. The number of thioether (sulfide) groups is 1. The molecule has 0 spiro atoms. The van der Waals surface area contributed by atoms with Crippen LogP contribution in [0.15, 0.2) is 24.3 Å². The van der Waals surface area contributed by atoms with Gasteiger partial charge in [0.25, 0.3) is 0 Å². The molecule has 1 rings (SSSR count). The molecule has 1 N–H and O–H groups in total. The van der Waals surface area contributed by atoms with Gasteiger partial charge >= 0.3 is 0 Å². The van der Waals surface area contributed by atoms with Crippen LogP contribution >= 0.6 is 11.8 Å². The molecule has 0 aliphatic rings. The van der Waals surface area contributed by atoms with Gasteiger partial charge in [0.2, 0.25) is 0 Å². The smallest absolute Gasteiger partial charge is 0.119 e. The number of aliphatic hydroxyl groups is 1. The first-order valence-corrected chi connectivity index (χ1v) is 6.73. The van der Waals surface area contributed by atoms with E-state index in [4.69, 9.17) is 4.74 Å². The molecule has 0 aromatic heterocycles. The number of rotatable bonds is 6. The lowest BCUT2D eigenvalue weighted by Gasteiger charge is -2.17. The van der Waals surface area contributed by atoms with Gasteiger partial charge in [0.1, 0.15) is 5.75 Å². The lowest BCUT2D eigenvalue weighted by Crippen LogP contribution is -2.15. The van der Waals surface area contributed by atoms with Crippen molar-refractivity contribution in [1.29, 1.82) is 0 Å². The average molecular weight is 240 g/mol. The quantitative estimate of drug-likeness (QED) is 0.775. The van der Waals surface area contributed by atoms with Crippen LogP contribution in [-0.4, -0.2) is 23.2 Å². The largest absolute Gasteiger partial charge is 0.493 e. The topological polar surface area (TPSA) is 29.5 Å². The summed E-state index contributed by atoms with van der Waals surface area (Å²) in [7, 11) is 0. The van der Waals surface area contributed by atoms with Crippen LogP contribution in [0.5, 0.6) is 5.75 Å². The maximum absolute atomic E-state index is 9.78. The molecular formula is C13H20O2S. The van der Waals surface area contributed by atoms with Crippen molar-refractivity contribution in [3.8, 4) is 5.75 Å². The monoisotopic (exact) mass is 240 g/mol. The average Bonchev–Trinajstić information content (AvgIpc) is 2.24. The van der Waals surface area contributed by atoms with Gasteiger partial charge in [-0.15, -0.1) is 0 Å². The minimum absolute atomic E-state index is 0.736. The number of hydrogen-bond acceptors (Lipinski definition) is 3. The van der Waals surface area contributed by atoms with E-state index in [1.165, 1.54) is 0 Å². The summed E-state index contributed by atoms with van der Waals surface area (Å²) in [5.41, 5.74) is 0.124. The van der Waals surface area contributed by atoms with Crippen molar-refractivity contribution in [3.63, 3.8) is 0 Å². The summed E-state index contributed by atoms with van der Waals surface area (Å²) in [6.07, 6.45) is 0. The predicted octanol–water partition coefficient (Wildman–Crippen LogP) is 3.05. The Morgan fingerprint density at radius 1 is 1.25 bits per heavy atom. The van der Waals surface area contributed by atoms with Crippen molar-refractivity contribution in [2.45, 2.75) is 26.4 Å². The Balaban J connectivity index is 2.46. The molecule has 2 nitrogen and oxygen atoms in total. The van der Waals surface area contributed by atoms with E-state index in [0.717, 1.165) is 29.4 Å². The van der Waals surface area contributed by atoms with Crippen molar-refractivity contribution in [2.75, 3.05) is 18.1 Å². The van der Waals surface area contributed by atoms with E-state index >= 15 is 0 Å². The highest BCUT2D eigenvalue weighted by Crippen LogP contribution is 2.22. The van der Waals surface area contributed by atoms with Gasteiger partial charge in [0.05, 0.1) is 12.2 Å². The van der Waals surface area contributed by atoms with Crippen molar-refractivity contribution in [1.82, 2.24) is 0 Å². The molecule has 0 radical (unpaired) electrons. The van der Waals surface area contributed by atoms with Crippen molar-refractivity contribution in [3.05, 3.63) is 29.8 Å². The molecule has 0 saturated heterocycles. The van der Waals surface area contributed by atoms with Gasteiger partial charge in [-0.1, -0.05) is 19.1 Å². The van der Waals surface area contributed by atoms with Gasteiger partial charge in [0.15, 0.2) is 0 Å². The molecule has 0 fully saturated rings. The van der Waals surface area contributed by atoms with E-state index in [0.29, 0.717) is 0 Å². The number of hydrogen-bond donors (Lipinski definition) is 1. The Morgan fingerprint density at radius 3 is 2.38 bits per heavy atom. The SMILES string of the molecule is CCSCCOc1ccc(C(C)(C)O)cc1. The summed E-state index contributed by atoms with van der Waals surface area (Å²) >= 11 is 1.87. The molecule has 0 aliphatic heterocycles. The second kappa shape index (κ2) is 6.16. The Bertz CT molecular complexity index is 301. The molecule has 1 aromatic rings. The van der Waals surface area contributed by atoms with Crippen LogP contribution in [0.2, 0.25) is 0 Å². The lowest BCUT2D eigenvalue weighted by molar-refractivity contribution is 0.0785. The van der Waals surface area contributed by atoms with E-state index in [9.17, 15) is 5.11 Å². The second-order valence-corrected chi connectivity index (χ2v) is 5.52. The molecule has 90 valence electrons. The minimum atomic E-state index is -0.781. The van der Waals surface area contributed by atoms with Crippen LogP contribution < -0.4 is 4.74 Å². The molecule has 1 aromatic carbocycles. The van der Waals surface area contributed by atoms with Crippen LogP contribution in [0.3, 0.4) is 0 Å². The first kappa shape index (κ1) is 13.4. The van der Waals surface area contributed by atoms with E-state index < -0.39 is 5.60 Å². The zero-order valence-corrected chi connectivity index (χ0v) is 11.0. The highest BCUT2D eigenvalue weighted by Gasteiger charge is 2.15. The third-order valence-electron chi connectivity index (χ3n) is 2.26. The summed E-state index contributed by atoms with van der Waals surface area (Å²) in [6.45, 7) is 6.44. The van der Waals surface area contributed by atoms with E-state index in [1.807, 2.05) is 36.0 Å². The summed E-state index contributed by atoms with van der Waals surface area (Å²) < 4.78 is 5.57. The normalized spacial score (nSPS) is 11.5. The molecule has 0 amide bonds. The molecule has 3 heteroatoms. The first-order valence-electron chi connectivity index (χ1n) is 5.57. The van der Waals surface area contributed by atoms with Gasteiger partial charge in [-0.3, -0.25) is 0 Å². The third kappa shape index (κ3) is 4.45.